The van der Waals surface area contributed by atoms with Gasteiger partial charge in [-0.1, -0.05) is 0 Å². The number of halogens is 6. The van der Waals surface area contributed by atoms with E-state index in [-0.39, 0.29) is 35.2 Å². The van der Waals surface area contributed by atoms with Gasteiger partial charge < -0.3 is 18.9 Å². The highest BCUT2D eigenvalue weighted by atomic mass is 19.4. The summed E-state index contributed by atoms with van der Waals surface area (Å²) < 4.78 is 101. The Labute approximate surface area is 403 Å². The Morgan fingerprint density at radius 2 is 0.914 bits per heavy atom. The Balaban J connectivity index is 0.000000206. The van der Waals surface area contributed by atoms with Gasteiger partial charge in [0.05, 0.1) is 36.4 Å². The molecule has 0 bridgehead atoms. The summed E-state index contributed by atoms with van der Waals surface area (Å²) in [6.45, 7) is 0.968. The van der Waals surface area contributed by atoms with Gasteiger partial charge in [0.15, 0.2) is 11.6 Å². The number of hydrogen-bond donors (Lipinski definition) is 0. The Kier molecular flexibility index (Phi) is 17.2. The van der Waals surface area contributed by atoms with Crippen molar-refractivity contribution in [2.75, 3.05) is 41.7 Å². The van der Waals surface area contributed by atoms with E-state index < -0.39 is 23.5 Å². The second kappa shape index (κ2) is 23.3. The van der Waals surface area contributed by atoms with Crippen LogP contribution in [-0.4, -0.2) is 73.2 Å². The third kappa shape index (κ3) is 12.8. The summed E-state index contributed by atoms with van der Waals surface area (Å²) in [6.07, 6.45) is 5.28. The number of alkyl halides is 6. The van der Waals surface area contributed by atoms with Gasteiger partial charge in [0.1, 0.15) is 0 Å². The van der Waals surface area contributed by atoms with Crippen LogP contribution in [0.3, 0.4) is 0 Å². The van der Waals surface area contributed by atoms with Crippen molar-refractivity contribution < 1.29 is 54.9 Å². The number of pyridine rings is 4. The van der Waals surface area contributed by atoms with Gasteiger partial charge in [0, 0.05) is 99.1 Å². The largest absolute Gasteiger partial charge is 0.481 e. The predicted molar refractivity (Wildman–Crippen MR) is 253 cm³/mol. The van der Waals surface area contributed by atoms with Crippen molar-refractivity contribution in [3.8, 4) is 11.8 Å². The molecule has 0 aliphatic heterocycles. The lowest BCUT2D eigenvalue weighted by Crippen LogP contribution is -2.26. The number of benzene rings is 2. The first-order valence-electron chi connectivity index (χ1n) is 23.6. The minimum atomic E-state index is -4.39. The highest BCUT2D eigenvalue weighted by Gasteiger charge is 2.35. The number of ketones is 2. The van der Waals surface area contributed by atoms with E-state index in [0.717, 1.165) is 74.6 Å². The zero-order chi connectivity index (χ0) is 50.0. The van der Waals surface area contributed by atoms with E-state index >= 15 is 0 Å². The smallest absolute Gasteiger partial charge is 0.416 e. The number of ether oxygens (including phenoxy) is 4. The molecular weight excluding hydrogens is 915 g/mol. The van der Waals surface area contributed by atoms with Crippen molar-refractivity contribution in [3.05, 3.63) is 131 Å². The van der Waals surface area contributed by atoms with Crippen LogP contribution in [0, 0.1) is 23.7 Å². The monoisotopic (exact) mass is 972 g/mol. The Bertz CT molecular complexity index is 2500. The van der Waals surface area contributed by atoms with Crippen molar-refractivity contribution >= 4 is 33.4 Å². The average molecular weight is 973 g/mol. The van der Waals surface area contributed by atoms with Crippen molar-refractivity contribution in [3.63, 3.8) is 0 Å². The molecule has 6 aromatic rings. The first kappa shape index (κ1) is 51.8. The van der Waals surface area contributed by atoms with Crippen molar-refractivity contribution in [2.24, 2.45) is 23.7 Å². The molecular formula is C54H58F6N4O6. The molecule has 70 heavy (non-hydrogen) atoms. The lowest BCUT2D eigenvalue weighted by Gasteiger charge is -2.34. The van der Waals surface area contributed by atoms with Gasteiger partial charge in [-0.25, -0.2) is 9.97 Å². The van der Waals surface area contributed by atoms with E-state index in [2.05, 4.69) is 19.9 Å². The zero-order valence-electron chi connectivity index (χ0n) is 39.7. The first-order chi connectivity index (χ1) is 33.6. The summed E-state index contributed by atoms with van der Waals surface area (Å²) in [7, 11) is 6.33. The number of aromatic nitrogens is 4. The Hall–Kier alpha value is -6.00. The molecule has 8 rings (SSSR count). The highest BCUT2D eigenvalue weighted by molar-refractivity contribution is 5.96. The first-order valence-corrected chi connectivity index (χ1v) is 23.6. The van der Waals surface area contributed by atoms with E-state index in [1.54, 1.807) is 50.9 Å². The van der Waals surface area contributed by atoms with Crippen LogP contribution < -0.4 is 9.47 Å². The molecule has 0 radical (unpaired) electrons. The van der Waals surface area contributed by atoms with Crippen LogP contribution in [0.15, 0.2) is 97.6 Å². The predicted octanol–water partition coefficient (Wildman–Crippen LogP) is 12.9. The van der Waals surface area contributed by atoms with Crippen molar-refractivity contribution in [2.45, 2.75) is 88.4 Å². The van der Waals surface area contributed by atoms with Gasteiger partial charge >= 0.3 is 12.4 Å². The Morgan fingerprint density at radius 1 is 0.529 bits per heavy atom. The Morgan fingerprint density at radius 3 is 1.23 bits per heavy atom. The molecule has 2 saturated carbocycles. The maximum absolute atomic E-state index is 13.3. The minimum absolute atomic E-state index is 0.0177. The number of fused-ring (bicyclic) bond motifs is 2. The van der Waals surface area contributed by atoms with E-state index in [0.29, 0.717) is 82.6 Å². The van der Waals surface area contributed by atoms with Crippen LogP contribution in [0.25, 0.3) is 21.8 Å². The fourth-order valence-corrected chi connectivity index (χ4v) is 10.4. The molecule has 0 amide bonds. The summed E-state index contributed by atoms with van der Waals surface area (Å²) in [5, 5.41) is 1.14. The topological polar surface area (TPSA) is 123 Å². The van der Waals surface area contributed by atoms with Gasteiger partial charge in [0.2, 0.25) is 11.8 Å². The lowest BCUT2D eigenvalue weighted by atomic mass is 9.72. The number of carbonyl (C=O) groups is 2. The van der Waals surface area contributed by atoms with Gasteiger partial charge in [-0.05, 0) is 159 Å². The van der Waals surface area contributed by atoms with Gasteiger partial charge in [-0.15, -0.1) is 0 Å². The van der Waals surface area contributed by atoms with Crippen LogP contribution >= 0.6 is 0 Å². The van der Waals surface area contributed by atoms with E-state index in [1.165, 1.54) is 50.9 Å². The van der Waals surface area contributed by atoms with Gasteiger partial charge in [-0.2, -0.15) is 26.3 Å². The SMILES string of the molecule is COC[C@@H](CC(=O)c1ccc(OC)nc1)C1CCC(c2ccnc3ccc(C(F)(F)F)cc23)CC1.COC[C@H](CC(=O)c1ccc(OC)nc1)C1CCC(c2ccnc3ccc(C(F)(F)F)cc23)CC1. The van der Waals surface area contributed by atoms with Crippen LogP contribution in [-0.2, 0) is 21.8 Å². The molecule has 2 atom stereocenters. The summed E-state index contributed by atoms with van der Waals surface area (Å²) in [4.78, 5) is 42.5. The van der Waals surface area contributed by atoms with Crippen LogP contribution in [0.1, 0.15) is 119 Å². The third-order valence-electron chi connectivity index (χ3n) is 14.2. The number of rotatable bonds is 16. The van der Waals surface area contributed by atoms with Crippen LogP contribution in [0.2, 0.25) is 0 Å². The molecule has 0 N–H and O–H groups in total. The molecule has 2 aliphatic carbocycles. The summed E-state index contributed by atoms with van der Waals surface area (Å²) in [5.74, 6) is 2.02. The molecule has 16 heteroatoms. The second-order valence-corrected chi connectivity index (χ2v) is 18.3. The molecule has 0 saturated heterocycles. The molecule has 0 spiro atoms. The number of hydrogen-bond acceptors (Lipinski definition) is 10. The summed E-state index contributed by atoms with van der Waals surface area (Å²) >= 11 is 0. The quantitative estimate of drug-likeness (QED) is 0.0684. The van der Waals surface area contributed by atoms with Crippen LogP contribution in [0.5, 0.6) is 11.8 Å². The van der Waals surface area contributed by atoms with E-state index in [9.17, 15) is 35.9 Å². The fourth-order valence-electron chi connectivity index (χ4n) is 10.4. The van der Waals surface area contributed by atoms with Gasteiger partial charge in [0.25, 0.3) is 0 Å². The molecule has 4 heterocycles. The zero-order valence-corrected chi connectivity index (χ0v) is 39.7. The highest BCUT2D eigenvalue weighted by Crippen LogP contribution is 2.44. The summed E-state index contributed by atoms with van der Waals surface area (Å²) in [5.41, 5.74) is 2.78. The molecule has 372 valence electrons. The third-order valence-corrected chi connectivity index (χ3v) is 14.2. The lowest BCUT2D eigenvalue weighted by molar-refractivity contribution is -0.138. The van der Waals surface area contributed by atoms with Crippen molar-refractivity contribution in [1.82, 2.24) is 19.9 Å². The second-order valence-electron chi connectivity index (χ2n) is 18.3. The van der Waals surface area contributed by atoms with E-state index in [4.69, 9.17) is 18.9 Å². The number of Topliss-reactive ketones (excluding diaryl/α,β-unsaturated/α-hetero) is 2. The van der Waals surface area contributed by atoms with E-state index in [1.807, 2.05) is 12.1 Å². The minimum Gasteiger partial charge on any atom is -0.481 e. The van der Waals surface area contributed by atoms with Crippen LogP contribution in [0.4, 0.5) is 26.3 Å². The number of carbonyl (C=O) groups excluding carboxylic acids is 2. The average Bonchev–Trinajstić information content (AvgIpc) is 3.37. The molecule has 2 aromatic carbocycles. The number of methoxy groups -OCH3 is 4. The van der Waals surface area contributed by atoms with Gasteiger partial charge in [-0.3, -0.25) is 19.6 Å². The molecule has 4 aromatic heterocycles. The number of nitrogens with zero attached hydrogens (tertiary/aromatic N) is 4. The normalized spacial score (nSPS) is 19.5. The molecule has 2 fully saturated rings. The maximum atomic E-state index is 13.3. The molecule has 0 unspecified atom stereocenters. The van der Waals surface area contributed by atoms with Crippen molar-refractivity contribution in [1.29, 1.82) is 0 Å². The maximum Gasteiger partial charge on any atom is 0.416 e. The summed E-state index contributed by atoms with van der Waals surface area (Å²) in [6, 6.07) is 18.0. The molecule has 10 nitrogen and oxygen atoms in total. The fraction of sp³-hybridized carbons (Fsp3) is 0.444. The standard InChI is InChI=1S/2C27H29F3N2O3/c2*1-34-16-20(13-25(33)19-7-10-26(35-2)32-15-19)17-3-5-18(6-4-17)22-11-12-31-24-9-8-21(14-23(22)24)27(28,29)30/h2*7-12,14-15,17-18,20H,3-6,13,16H2,1-2H3/t2*17?,18?,20-/m10/s1. The molecule has 2 aliphatic rings.